The third-order valence-electron chi connectivity index (χ3n) is 3.23. The Hall–Kier alpha value is -1.12. The Kier molecular flexibility index (Phi) is 4.56. The molecule has 1 heterocycles. The molecule has 1 N–H and O–H groups in total. The van der Waals surface area contributed by atoms with E-state index in [1.165, 1.54) is 22.3 Å². The molecule has 2 aromatic rings. The predicted octanol–water partition coefficient (Wildman–Crippen LogP) is 3.74. The first-order chi connectivity index (χ1) is 8.67. The molecule has 18 heavy (non-hydrogen) atoms. The summed E-state index contributed by atoms with van der Waals surface area (Å²) in [6.45, 7) is 4.34. The molecule has 0 spiro atoms. The van der Waals surface area contributed by atoms with Crippen molar-refractivity contribution < 1.29 is 0 Å². The summed E-state index contributed by atoms with van der Waals surface area (Å²) < 4.78 is 0. The molecular formula is C16H21NS. The number of hydrogen-bond acceptors (Lipinski definition) is 2. The Bertz CT molecular complexity index is 468. The van der Waals surface area contributed by atoms with Gasteiger partial charge >= 0.3 is 0 Å². The monoisotopic (exact) mass is 259 g/mol. The Morgan fingerprint density at radius 2 is 1.72 bits per heavy atom. The molecule has 1 unspecified atom stereocenters. The second-order valence-corrected chi connectivity index (χ2v) is 5.80. The minimum absolute atomic E-state index is 0.515. The van der Waals surface area contributed by atoms with Crippen LogP contribution in [0, 0.1) is 13.8 Å². The highest BCUT2D eigenvalue weighted by Crippen LogP contribution is 2.14. The van der Waals surface area contributed by atoms with E-state index in [-0.39, 0.29) is 0 Å². The van der Waals surface area contributed by atoms with Gasteiger partial charge in [-0.2, -0.15) is 11.3 Å². The van der Waals surface area contributed by atoms with Crippen molar-refractivity contribution in [3.63, 3.8) is 0 Å². The highest BCUT2D eigenvalue weighted by atomic mass is 32.1. The molecule has 1 nitrogen and oxygen atoms in total. The van der Waals surface area contributed by atoms with Crippen molar-refractivity contribution in [2.75, 3.05) is 7.05 Å². The number of benzene rings is 1. The molecule has 1 aromatic heterocycles. The third-order valence-corrected chi connectivity index (χ3v) is 3.97. The standard InChI is InChI=1S/C16H21NS/c1-12-6-13(2)8-15(7-12)10-16(17-3)9-14-4-5-18-11-14/h4-8,11,16-17H,9-10H2,1-3H3. The fraction of sp³-hybridized carbons (Fsp3) is 0.375. The van der Waals surface area contributed by atoms with E-state index in [0.717, 1.165) is 12.8 Å². The lowest BCUT2D eigenvalue weighted by Crippen LogP contribution is -2.29. The lowest BCUT2D eigenvalue weighted by Gasteiger charge is -2.16. The molecule has 0 amide bonds. The molecule has 96 valence electrons. The van der Waals surface area contributed by atoms with E-state index in [2.05, 4.69) is 61.2 Å². The number of thiophene rings is 1. The van der Waals surface area contributed by atoms with Crippen LogP contribution in [0.4, 0.5) is 0 Å². The smallest absolute Gasteiger partial charge is 0.0145 e. The van der Waals surface area contributed by atoms with Gasteiger partial charge in [-0.1, -0.05) is 29.3 Å². The lowest BCUT2D eigenvalue weighted by molar-refractivity contribution is 0.557. The number of rotatable bonds is 5. The molecular weight excluding hydrogens is 238 g/mol. The number of nitrogens with one attached hydrogen (secondary N) is 1. The van der Waals surface area contributed by atoms with Gasteiger partial charge in [0, 0.05) is 6.04 Å². The Morgan fingerprint density at radius 3 is 2.28 bits per heavy atom. The average molecular weight is 259 g/mol. The molecule has 0 saturated heterocycles. The second-order valence-electron chi connectivity index (χ2n) is 5.02. The molecule has 1 aromatic carbocycles. The first kappa shape index (κ1) is 13.3. The van der Waals surface area contributed by atoms with Crippen molar-refractivity contribution >= 4 is 11.3 Å². The summed E-state index contributed by atoms with van der Waals surface area (Å²) in [5.74, 6) is 0. The van der Waals surface area contributed by atoms with E-state index in [0.29, 0.717) is 6.04 Å². The molecule has 0 aliphatic heterocycles. The van der Waals surface area contributed by atoms with E-state index >= 15 is 0 Å². The van der Waals surface area contributed by atoms with Crippen molar-refractivity contribution in [2.24, 2.45) is 0 Å². The molecule has 0 aliphatic carbocycles. The van der Waals surface area contributed by atoms with Crippen molar-refractivity contribution in [3.05, 3.63) is 57.3 Å². The van der Waals surface area contributed by atoms with Crippen LogP contribution in [0.25, 0.3) is 0 Å². The molecule has 2 heteroatoms. The van der Waals surface area contributed by atoms with Crippen molar-refractivity contribution in [1.29, 1.82) is 0 Å². The van der Waals surface area contributed by atoms with Crippen LogP contribution < -0.4 is 5.32 Å². The molecule has 0 radical (unpaired) electrons. The molecule has 2 rings (SSSR count). The first-order valence-corrected chi connectivity index (χ1v) is 7.37. The predicted molar refractivity (Wildman–Crippen MR) is 80.5 cm³/mol. The summed E-state index contributed by atoms with van der Waals surface area (Å²) in [7, 11) is 2.06. The van der Waals surface area contributed by atoms with Gasteiger partial charge in [-0.15, -0.1) is 0 Å². The van der Waals surface area contributed by atoms with Crippen molar-refractivity contribution in [2.45, 2.75) is 32.7 Å². The quantitative estimate of drug-likeness (QED) is 0.862. The van der Waals surface area contributed by atoms with Crippen molar-refractivity contribution in [1.82, 2.24) is 5.32 Å². The van der Waals surface area contributed by atoms with Crippen molar-refractivity contribution in [3.8, 4) is 0 Å². The summed E-state index contributed by atoms with van der Waals surface area (Å²) in [5, 5.41) is 7.83. The van der Waals surface area contributed by atoms with Crippen LogP contribution in [-0.4, -0.2) is 13.1 Å². The van der Waals surface area contributed by atoms with E-state index in [9.17, 15) is 0 Å². The van der Waals surface area contributed by atoms with E-state index in [1.54, 1.807) is 11.3 Å². The molecule has 0 saturated carbocycles. The zero-order chi connectivity index (χ0) is 13.0. The fourth-order valence-corrected chi connectivity index (χ4v) is 3.12. The van der Waals surface area contributed by atoms with Gasteiger partial charge < -0.3 is 5.32 Å². The summed E-state index contributed by atoms with van der Waals surface area (Å²) in [6, 6.07) is 9.56. The highest BCUT2D eigenvalue weighted by molar-refractivity contribution is 7.07. The summed E-state index contributed by atoms with van der Waals surface area (Å²) in [4.78, 5) is 0. The van der Waals surface area contributed by atoms with Gasteiger partial charge in [-0.25, -0.2) is 0 Å². The largest absolute Gasteiger partial charge is 0.316 e. The number of likely N-dealkylation sites (N-methyl/N-ethyl adjacent to an activating group) is 1. The number of hydrogen-bond donors (Lipinski definition) is 1. The SMILES string of the molecule is CNC(Cc1ccsc1)Cc1cc(C)cc(C)c1. The lowest BCUT2D eigenvalue weighted by atomic mass is 9.98. The maximum Gasteiger partial charge on any atom is 0.0145 e. The highest BCUT2D eigenvalue weighted by Gasteiger charge is 2.09. The molecule has 1 atom stereocenters. The summed E-state index contributed by atoms with van der Waals surface area (Å²) in [5.41, 5.74) is 5.58. The maximum atomic E-state index is 3.43. The molecule has 0 bridgehead atoms. The van der Waals surface area contributed by atoms with E-state index < -0.39 is 0 Å². The van der Waals surface area contributed by atoms with E-state index in [1.807, 2.05) is 0 Å². The number of aryl methyl sites for hydroxylation is 2. The van der Waals surface area contributed by atoms with Crippen LogP contribution in [0.15, 0.2) is 35.0 Å². The van der Waals surface area contributed by atoms with Gasteiger partial charge in [0.15, 0.2) is 0 Å². The Balaban J connectivity index is 2.05. The van der Waals surface area contributed by atoms with Gasteiger partial charge in [-0.05, 0) is 61.7 Å². The zero-order valence-electron chi connectivity index (χ0n) is 11.4. The third kappa shape index (κ3) is 3.69. The van der Waals surface area contributed by atoms with Crippen LogP contribution in [0.5, 0.6) is 0 Å². The molecule has 0 fully saturated rings. The minimum Gasteiger partial charge on any atom is -0.316 e. The second kappa shape index (κ2) is 6.17. The Morgan fingerprint density at radius 1 is 1.06 bits per heavy atom. The van der Waals surface area contributed by atoms with Crippen LogP contribution >= 0.6 is 11.3 Å². The maximum absolute atomic E-state index is 3.43. The minimum atomic E-state index is 0.515. The van der Waals surface area contributed by atoms with Crippen LogP contribution in [0.2, 0.25) is 0 Å². The van der Waals surface area contributed by atoms with E-state index in [4.69, 9.17) is 0 Å². The van der Waals surface area contributed by atoms with Crippen LogP contribution in [0.1, 0.15) is 22.3 Å². The van der Waals surface area contributed by atoms with Gasteiger partial charge in [0.05, 0.1) is 0 Å². The van der Waals surface area contributed by atoms with Gasteiger partial charge in [0.25, 0.3) is 0 Å². The fourth-order valence-electron chi connectivity index (χ4n) is 2.44. The normalized spacial score (nSPS) is 12.6. The topological polar surface area (TPSA) is 12.0 Å². The van der Waals surface area contributed by atoms with Gasteiger partial charge in [0.1, 0.15) is 0 Å². The first-order valence-electron chi connectivity index (χ1n) is 6.43. The summed E-state index contributed by atoms with van der Waals surface area (Å²) in [6.07, 6.45) is 2.20. The van der Waals surface area contributed by atoms with Gasteiger partial charge in [0.2, 0.25) is 0 Å². The van der Waals surface area contributed by atoms with Crippen LogP contribution in [0.3, 0.4) is 0 Å². The molecule has 0 aliphatic rings. The summed E-state index contributed by atoms with van der Waals surface area (Å²) >= 11 is 1.78. The van der Waals surface area contributed by atoms with Crippen LogP contribution in [-0.2, 0) is 12.8 Å². The van der Waals surface area contributed by atoms with Gasteiger partial charge in [-0.3, -0.25) is 0 Å². The zero-order valence-corrected chi connectivity index (χ0v) is 12.2. The average Bonchev–Trinajstić information content (AvgIpc) is 2.79. The Labute approximate surface area is 114 Å².